The summed E-state index contributed by atoms with van der Waals surface area (Å²) in [5.41, 5.74) is 7.96. The lowest BCUT2D eigenvalue weighted by molar-refractivity contribution is 0.109. The highest BCUT2D eigenvalue weighted by Gasteiger charge is 2.14. The van der Waals surface area contributed by atoms with E-state index in [4.69, 9.17) is 10.5 Å². The molecule has 0 bridgehead atoms. The lowest BCUT2D eigenvalue weighted by Gasteiger charge is -2.21. The third-order valence-corrected chi connectivity index (χ3v) is 2.59. The molecule has 0 fully saturated rings. The molecule has 1 unspecified atom stereocenters. The van der Waals surface area contributed by atoms with Gasteiger partial charge in [-0.15, -0.1) is 0 Å². The van der Waals surface area contributed by atoms with Gasteiger partial charge in [0.15, 0.2) is 0 Å². The highest BCUT2D eigenvalue weighted by molar-refractivity contribution is 5.33. The molecule has 1 aliphatic heterocycles. The van der Waals surface area contributed by atoms with E-state index in [0.717, 1.165) is 36.8 Å². The molecule has 0 aliphatic carbocycles. The van der Waals surface area contributed by atoms with Crippen LogP contribution in [0.15, 0.2) is 6.20 Å². The summed E-state index contributed by atoms with van der Waals surface area (Å²) in [6, 6.07) is 0.118. The van der Waals surface area contributed by atoms with Crippen molar-refractivity contribution in [3.63, 3.8) is 0 Å². The molecule has 16 heavy (non-hydrogen) atoms. The van der Waals surface area contributed by atoms with Crippen molar-refractivity contribution in [2.45, 2.75) is 26.0 Å². The van der Waals surface area contributed by atoms with E-state index in [9.17, 15) is 0 Å². The fourth-order valence-corrected chi connectivity index (χ4v) is 1.82. The SMILES string of the molecule is CC(N)CN(C)c1ncc2c(n1)CCOC2. The Hall–Kier alpha value is -1.20. The molecule has 5 heteroatoms. The Morgan fingerprint density at radius 3 is 3.19 bits per heavy atom. The monoisotopic (exact) mass is 222 g/mol. The Labute approximate surface area is 95.6 Å². The van der Waals surface area contributed by atoms with Gasteiger partial charge in [-0.2, -0.15) is 0 Å². The fourth-order valence-electron chi connectivity index (χ4n) is 1.82. The summed E-state index contributed by atoms with van der Waals surface area (Å²) in [6.07, 6.45) is 2.73. The minimum Gasteiger partial charge on any atom is -0.376 e. The summed E-state index contributed by atoms with van der Waals surface area (Å²) in [5.74, 6) is 0.748. The number of hydrogen-bond donors (Lipinski definition) is 1. The zero-order valence-corrected chi connectivity index (χ0v) is 9.81. The van der Waals surface area contributed by atoms with E-state index in [2.05, 4.69) is 9.97 Å². The second-order valence-electron chi connectivity index (χ2n) is 4.30. The van der Waals surface area contributed by atoms with Crippen LogP contribution in [0.3, 0.4) is 0 Å². The van der Waals surface area contributed by atoms with E-state index in [1.54, 1.807) is 0 Å². The zero-order valence-electron chi connectivity index (χ0n) is 9.81. The van der Waals surface area contributed by atoms with Crippen molar-refractivity contribution in [3.8, 4) is 0 Å². The molecule has 0 saturated heterocycles. The highest BCUT2D eigenvalue weighted by Crippen LogP contribution is 2.16. The van der Waals surface area contributed by atoms with E-state index in [0.29, 0.717) is 6.61 Å². The van der Waals surface area contributed by atoms with Gasteiger partial charge >= 0.3 is 0 Å². The standard InChI is InChI=1S/C11H18N4O/c1-8(12)6-15(2)11-13-5-9-7-16-4-3-10(9)14-11/h5,8H,3-4,6-7,12H2,1-2H3. The number of aromatic nitrogens is 2. The first-order valence-corrected chi connectivity index (χ1v) is 5.56. The maximum atomic E-state index is 5.75. The van der Waals surface area contributed by atoms with Gasteiger partial charge in [-0.25, -0.2) is 9.97 Å². The molecule has 0 saturated carbocycles. The van der Waals surface area contributed by atoms with Crippen LogP contribution >= 0.6 is 0 Å². The summed E-state index contributed by atoms with van der Waals surface area (Å²) < 4.78 is 5.35. The van der Waals surface area contributed by atoms with Crippen LogP contribution < -0.4 is 10.6 Å². The third-order valence-electron chi connectivity index (χ3n) is 2.59. The van der Waals surface area contributed by atoms with Crippen LogP contribution in [0.25, 0.3) is 0 Å². The lowest BCUT2D eigenvalue weighted by atomic mass is 10.1. The van der Waals surface area contributed by atoms with Crippen molar-refractivity contribution in [1.29, 1.82) is 0 Å². The van der Waals surface area contributed by atoms with Crippen LogP contribution in [0.5, 0.6) is 0 Å². The topological polar surface area (TPSA) is 64.3 Å². The molecule has 1 aromatic rings. The van der Waals surface area contributed by atoms with Crippen molar-refractivity contribution in [2.75, 3.05) is 25.1 Å². The summed E-state index contributed by atoms with van der Waals surface area (Å²) in [4.78, 5) is 10.9. The number of nitrogens with two attached hydrogens (primary N) is 1. The van der Waals surface area contributed by atoms with Gasteiger partial charge in [0.05, 0.1) is 18.9 Å². The van der Waals surface area contributed by atoms with Gasteiger partial charge in [-0.1, -0.05) is 0 Å². The predicted octanol–water partition coefficient (Wildman–Crippen LogP) is 0.333. The average molecular weight is 222 g/mol. The Bertz CT molecular complexity index is 367. The van der Waals surface area contributed by atoms with Gasteiger partial charge in [-0.05, 0) is 6.92 Å². The number of nitrogens with zero attached hydrogens (tertiary/aromatic N) is 3. The van der Waals surface area contributed by atoms with Crippen LogP contribution in [-0.4, -0.2) is 36.2 Å². The molecule has 0 radical (unpaired) electrons. The van der Waals surface area contributed by atoms with Crippen molar-refractivity contribution >= 4 is 5.95 Å². The summed E-state index contributed by atoms with van der Waals surface area (Å²) >= 11 is 0. The first-order valence-electron chi connectivity index (χ1n) is 5.56. The van der Waals surface area contributed by atoms with Gasteiger partial charge in [0.1, 0.15) is 0 Å². The Kier molecular flexibility index (Phi) is 3.36. The number of likely N-dealkylation sites (N-methyl/N-ethyl adjacent to an activating group) is 1. The fraction of sp³-hybridized carbons (Fsp3) is 0.636. The number of ether oxygens (including phenoxy) is 1. The van der Waals surface area contributed by atoms with Crippen molar-refractivity contribution in [1.82, 2.24) is 9.97 Å². The number of rotatable bonds is 3. The zero-order chi connectivity index (χ0) is 11.5. The van der Waals surface area contributed by atoms with E-state index in [1.165, 1.54) is 0 Å². The minimum absolute atomic E-state index is 0.118. The van der Waals surface area contributed by atoms with E-state index in [-0.39, 0.29) is 6.04 Å². The van der Waals surface area contributed by atoms with Gasteiger partial charge in [-0.3, -0.25) is 0 Å². The van der Waals surface area contributed by atoms with Crippen LogP contribution in [0.1, 0.15) is 18.2 Å². The smallest absolute Gasteiger partial charge is 0.225 e. The molecule has 2 rings (SSSR count). The van der Waals surface area contributed by atoms with Crippen LogP contribution in [0, 0.1) is 0 Å². The van der Waals surface area contributed by atoms with E-state index < -0.39 is 0 Å². The maximum absolute atomic E-state index is 5.75. The summed E-state index contributed by atoms with van der Waals surface area (Å²) in [7, 11) is 1.96. The first kappa shape index (κ1) is 11.3. The molecule has 0 spiro atoms. The van der Waals surface area contributed by atoms with Crippen molar-refractivity contribution in [2.24, 2.45) is 5.73 Å². The molecule has 2 heterocycles. The van der Waals surface area contributed by atoms with Crippen molar-refractivity contribution in [3.05, 3.63) is 17.5 Å². The van der Waals surface area contributed by atoms with E-state index in [1.807, 2.05) is 25.1 Å². The second-order valence-corrected chi connectivity index (χ2v) is 4.30. The second kappa shape index (κ2) is 4.76. The summed E-state index contributed by atoms with van der Waals surface area (Å²) in [6.45, 7) is 4.12. The Morgan fingerprint density at radius 2 is 2.44 bits per heavy atom. The molecule has 1 aromatic heterocycles. The first-order chi connectivity index (χ1) is 7.66. The minimum atomic E-state index is 0.118. The van der Waals surface area contributed by atoms with Crippen LogP contribution in [0.4, 0.5) is 5.95 Å². The van der Waals surface area contributed by atoms with Gasteiger partial charge in [0, 0.05) is 37.8 Å². The van der Waals surface area contributed by atoms with Crippen LogP contribution in [0.2, 0.25) is 0 Å². The number of anilines is 1. The molecular formula is C11H18N4O. The molecule has 88 valence electrons. The quantitative estimate of drug-likeness (QED) is 0.798. The normalized spacial score (nSPS) is 16.7. The highest BCUT2D eigenvalue weighted by atomic mass is 16.5. The predicted molar refractivity (Wildman–Crippen MR) is 62.3 cm³/mol. The Balaban J connectivity index is 2.16. The molecule has 0 amide bonds. The maximum Gasteiger partial charge on any atom is 0.225 e. The van der Waals surface area contributed by atoms with Crippen LogP contribution in [-0.2, 0) is 17.8 Å². The Morgan fingerprint density at radius 1 is 1.62 bits per heavy atom. The number of hydrogen-bond acceptors (Lipinski definition) is 5. The molecule has 5 nitrogen and oxygen atoms in total. The third kappa shape index (κ3) is 2.48. The van der Waals surface area contributed by atoms with Crippen molar-refractivity contribution < 1.29 is 4.74 Å². The molecule has 1 aliphatic rings. The molecule has 0 aromatic carbocycles. The van der Waals surface area contributed by atoms with Gasteiger partial charge < -0.3 is 15.4 Å². The van der Waals surface area contributed by atoms with Gasteiger partial charge in [0.25, 0.3) is 0 Å². The molecule has 1 atom stereocenters. The van der Waals surface area contributed by atoms with Gasteiger partial charge in [0.2, 0.25) is 5.95 Å². The summed E-state index contributed by atoms with van der Waals surface area (Å²) in [5, 5.41) is 0. The largest absolute Gasteiger partial charge is 0.376 e. The average Bonchev–Trinajstić information content (AvgIpc) is 2.27. The molecular weight excluding hydrogens is 204 g/mol. The lowest BCUT2D eigenvalue weighted by Crippen LogP contribution is -2.34. The molecule has 2 N–H and O–H groups in total. The van der Waals surface area contributed by atoms with E-state index >= 15 is 0 Å². The number of fused-ring (bicyclic) bond motifs is 1.